The van der Waals surface area contributed by atoms with E-state index in [0.29, 0.717) is 19.2 Å². The van der Waals surface area contributed by atoms with Crippen molar-refractivity contribution in [2.45, 2.75) is 6.18 Å². The van der Waals surface area contributed by atoms with E-state index in [1.54, 1.807) is 11.0 Å². The number of benzene rings is 3. The van der Waals surface area contributed by atoms with Gasteiger partial charge in [-0.2, -0.15) is 18.2 Å². The number of carbonyl (C=O) groups is 1. The predicted molar refractivity (Wildman–Crippen MR) is 151 cm³/mol. The molecule has 2 aromatic heterocycles. The van der Waals surface area contributed by atoms with Gasteiger partial charge in [-0.05, 0) is 54.6 Å². The zero-order valence-electron chi connectivity index (χ0n) is 22.0. The molecule has 0 saturated carbocycles. The molecule has 11 nitrogen and oxygen atoms in total. The fraction of sp³-hybridized carbons (Fsp3) is 0.179. The number of fused-ring (bicyclic) bond motifs is 1. The van der Waals surface area contributed by atoms with Crippen LogP contribution < -0.4 is 15.5 Å². The van der Waals surface area contributed by atoms with Crippen molar-refractivity contribution >= 4 is 45.8 Å². The van der Waals surface area contributed by atoms with Crippen LogP contribution in [-0.4, -0.2) is 68.3 Å². The maximum atomic E-state index is 10.6. The fourth-order valence-electron chi connectivity index (χ4n) is 3.96. The summed E-state index contributed by atoms with van der Waals surface area (Å²) in [6, 6.07) is 24.1. The molecule has 0 amide bonds. The Balaban J connectivity index is 0.000000451. The van der Waals surface area contributed by atoms with E-state index in [-0.39, 0.29) is 0 Å². The molecule has 1 saturated heterocycles. The van der Waals surface area contributed by atoms with Crippen molar-refractivity contribution in [2.24, 2.45) is 0 Å². The van der Waals surface area contributed by atoms with Crippen molar-refractivity contribution in [3.8, 4) is 5.69 Å². The molecule has 0 bridgehead atoms. The lowest BCUT2D eigenvalue weighted by Crippen LogP contribution is -2.37. The maximum Gasteiger partial charge on any atom is 0.490 e. The van der Waals surface area contributed by atoms with Gasteiger partial charge in [-0.3, -0.25) is 0 Å². The number of aromatic nitrogens is 5. The monoisotopic (exact) mass is 578 g/mol. The lowest BCUT2D eigenvalue weighted by Gasteiger charge is -2.25. The van der Waals surface area contributed by atoms with E-state index in [1.165, 1.54) is 0 Å². The number of nitrogens with one attached hydrogen (secondary N) is 2. The third kappa shape index (κ3) is 7.28. The van der Waals surface area contributed by atoms with Crippen LogP contribution in [0.5, 0.6) is 0 Å². The molecule has 216 valence electrons. The van der Waals surface area contributed by atoms with Gasteiger partial charge in [0.1, 0.15) is 6.33 Å². The summed E-state index contributed by atoms with van der Waals surface area (Å²) in [7, 11) is 0. The lowest BCUT2D eigenvalue weighted by atomic mass is 10.2. The summed E-state index contributed by atoms with van der Waals surface area (Å²) in [4.78, 5) is 24.6. The molecule has 1 fully saturated rings. The Morgan fingerprint density at radius 1 is 0.881 bits per heavy atom. The molecule has 1 aliphatic rings. The molecule has 0 atom stereocenters. The highest BCUT2D eigenvalue weighted by Gasteiger charge is 2.38. The zero-order valence-corrected chi connectivity index (χ0v) is 22.0. The summed E-state index contributed by atoms with van der Waals surface area (Å²) in [5.41, 5.74) is 4.68. The Morgan fingerprint density at radius 2 is 1.55 bits per heavy atom. The summed E-state index contributed by atoms with van der Waals surface area (Å²) in [5, 5.41) is 19.4. The number of rotatable bonds is 6. The molecular formula is C28H25F3N8O3. The van der Waals surface area contributed by atoms with Crippen LogP contribution in [0.3, 0.4) is 0 Å². The van der Waals surface area contributed by atoms with Gasteiger partial charge in [0.25, 0.3) is 0 Å². The summed E-state index contributed by atoms with van der Waals surface area (Å²) >= 11 is 0. The number of halogens is 3. The third-order valence-corrected chi connectivity index (χ3v) is 6.05. The number of anilines is 5. The van der Waals surface area contributed by atoms with Crippen molar-refractivity contribution in [3.05, 3.63) is 85.3 Å². The SMILES string of the molecule is O=C(O)C(F)(F)F.c1ccc(Nc2ccc3cnc(Nc4ccc(-n5cnc(N6CCOCC6)n5)cc4)nc3c2)cc1. The van der Waals surface area contributed by atoms with E-state index in [4.69, 9.17) is 19.6 Å². The smallest absolute Gasteiger partial charge is 0.475 e. The van der Waals surface area contributed by atoms with Crippen LogP contribution in [0.1, 0.15) is 0 Å². The van der Waals surface area contributed by atoms with Crippen molar-refractivity contribution < 1.29 is 27.8 Å². The van der Waals surface area contributed by atoms with Gasteiger partial charge in [-0.1, -0.05) is 18.2 Å². The molecule has 6 rings (SSSR count). The molecule has 3 aromatic carbocycles. The van der Waals surface area contributed by atoms with Crippen LogP contribution in [0.25, 0.3) is 16.6 Å². The van der Waals surface area contributed by atoms with Gasteiger partial charge in [-0.25, -0.2) is 19.4 Å². The Bertz CT molecular complexity index is 1640. The van der Waals surface area contributed by atoms with Crippen LogP contribution in [0.15, 0.2) is 85.3 Å². The van der Waals surface area contributed by atoms with Crippen LogP contribution in [-0.2, 0) is 9.53 Å². The maximum absolute atomic E-state index is 10.6. The molecule has 1 aliphatic heterocycles. The summed E-state index contributed by atoms with van der Waals surface area (Å²) in [5.74, 6) is -1.49. The first kappa shape index (κ1) is 28.3. The van der Waals surface area contributed by atoms with Gasteiger partial charge >= 0.3 is 12.1 Å². The lowest BCUT2D eigenvalue weighted by molar-refractivity contribution is -0.192. The van der Waals surface area contributed by atoms with Crippen molar-refractivity contribution in [1.82, 2.24) is 24.7 Å². The number of carboxylic acid groups (broad SMARTS) is 1. The van der Waals surface area contributed by atoms with E-state index in [9.17, 15) is 13.2 Å². The fourth-order valence-corrected chi connectivity index (χ4v) is 3.96. The molecule has 0 spiro atoms. The number of carboxylic acids is 1. The number of hydrogen-bond acceptors (Lipinski definition) is 9. The Hall–Kier alpha value is -5.24. The number of ether oxygens (including phenoxy) is 1. The molecule has 14 heteroatoms. The number of para-hydroxylation sites is 1. The minimum absolute atomic E-state index is 0.539. The number of aliphatic carboxylic acids is 1. The quantitative estimate of drug-likeness (QED) is 0.248. The summed E-state index contributed by atoms with van der Waals surface area (Å²) < 4.78 is 38.9. The number of nitrogens with zero attached hydrogens (tertiary/aromatic N) is 6. The Labute approximate surface area is 237 Å². The van der Waals surface area contributed by atoms with E-state index in [1.807, 2.05) is 79.0 Å². The predicted octanol–water partition coefficient (Wildman–Crippen LogP) is 5.17. The van der Waals surface area contributed by atoms with Gasteiger partial charge in [0, 0.05) is 41.7 Å². The number of morpholine rings is 1. The summed E-state index contributed by atoms with van der Waals surface area (Å²) in [6.07, 6.45) is -1.52. The third-order valence-electron chi connectivity index (χ3n) is 6.05. The van der Waals surface area contributed by atoms with E-state index in [0.717, 1.165) is 52.7 Å². The summed E-state index contributed by atoms with van der Waals surface area (Å²) in [6.45, 7) is 3.03. The first-order chi connectivity index (χ1) is 20.2. The highest BCUT2D eigenvalue weighted by atomic mass is 19.4. The molecular weight excluding hydrogens is 553 g/mol. The average Bonchev–Trinajstić information content (AvgIpc) is 3.49. The van der Waals surface area contributed by atoms with Crippen molar-refractivity contribution in [2.75, 3.05) is 41.8 Å². The Kier molecular flexibility index (Phi) is 8.43. The van der Waals surface area contributed by atoms with Crippen molar-refractivity contribution in [1.29, 1.82) is 0 Å². The van der Waals surface area contributed by atoms with Crippen LogP contribution in [0.2, 0.25) is 0 Å². The van der Waals surface area contributed by atoms with Crippen LogP contribution in [0, 0.1) is 0 Å². The standard InChI is InChI=1S/C26H24N8O.C2HF3O2/c1-2-4-20(5-3-1)29-22-7-6-19-17-27-25(31-24(19)16-22)30-21-8-10-23(11-9-21)34-18-28-26(32-34)33-12-14-35-15-13-33;3-2(4,5)1(6)7/h1-11,16-18,29H,12-15H2,(H,27,30,31);(H,6,7). The molecule has 3 N–H and O–H groups in total. The molecule has 42 heavy (non-hydrogen) atoms. The van der Waals surface area contributed by atoms with Gasteiger partial charge in [0.15, 0.2) is 0 Å². The van der Waals surface area contributed by atoms with Gasteiger partial charge in [0.2, 0.25) is 11.9 Å². The Morgan fingerprint density at radius 3 is 2.24 bits per heavy atom. The topological polar surface area (TPSA) is 130 Å². The first-order valence-corrected chi connectivity index (χ1v) is 12.8. The highest BCUT2D eigenvalue weighted by Crippen LogP contribution is 2.23. The average molecular weight is 579 g/mol. The second-order valence-electron chi connectivity index (χ2n) is 9.02. The zero-order chi connectivity index (χ0) is 29.5. The van der Waals surface area contributed by atoms with Gasteiger partial charge < -0.3 is 25.4 Å². The van der Waals surface area contributed by atoms with Gasteiger partial charge in [0.05, 0.1) is 24.4 Å². The molecule has 3 heterocycles. The molecule has 5 aromatic rings. The largest absolute Gasteiger partial charge is 0.490 e. The minimum Gasteiger partial charge on any atom is -0.475 e. The van der Waals surface area contributed by atoms with E-state index in [2.05, 4.69) is 30.6 Å². The highest BCUT2D eigenvalue weighted by molar-refractivity contribution is 5.83. The second-order valence-corrected chi connectivity index (χ2v) is 9.02. The van der Waals surface area contributed by atoms with Crippen molar-refractivity contribution in [3.63, 3.8) is 0 Å². The molecule has 0 aliphatic carbocycles. The molecule has 0 radical (unpaired) electrons. The van der Waals surface area contributed by atoms with E-state index >= 15 is 0 Å². The second kappa shape index (κ2) is 12.5. The number of hydrogen-bond donors (Lipinski definition) is 3. The minimum atomic E-state index is -5.08. The van der Waals surface area contributed by atoms with Crippen LogP contribution in [0.4, 0.5) is 42.1 Å². The molecule has 0 unspecified atom stereocenters. The normalized spacial score (nSPS) is 13.3. The van der Waals surface area contributed by atoms with Gasteiger partial charge in [-0.15, -0.1) is 5.10 Å². The van der Waals surface area contributed by atoms with Crippen LogP contribution >= 0.6 is 0 Å². The first-order valence-electron chi connectivity index (χ1n) is 12.8. The number of alkyl halides is 3. The van der Waals surface area contributed by atoms with E-state index < -0.39 is 12.1 Å².